The van der Waals surface area contributed by atoms with E-state index in [1.165, 1.54) is 11.8 Å². The average molecular weight is 968 g/mol. The van der Waals surface area contributed by atoms with Gasteiger partial charge in [0.05, 0.1) is 6.04 Å². The maximum absolute atomic E-state index is 14.6. The predicted molar refractivity (Wildman–Crippen MR) is 262 cm³/mol. The zero-order valence-corrected chi connectivity index (χ0v) is 40.1. The number of unbranched alkanes of at least 4 members (excludes halogenated alkanes) is 1. The number of ketones is 2. The largest absolute Gasteiger partial charge is 0.370 e. The topological polar surface area (TPSA) is 323 Å². The molecule has 2 aliphatic heterocycles. The van der Waals surface area contributed by atoms with Crippen molar-refractivity contribution >= 4 is 69.8 Å². The molecule has 7 atom stereocenters. The van der Waals surface area contributed by atoms with E-state index in [-0.39, 0.29) is 83.4 Å². The molecule has 2 saturated heterocycles. The second kappa shape index (κ2) is 26.6. The minimum atomic E-state index is -1.29. The highest BCUT2D eigenvalue weighted by Gasteiger charge is 2.40. The summed E-state index contributed by atoms with van der Waals surface area (Å²) < 4.78 is 0. The third kappa shape index (κ3) is 16.0. The van der Waals surface area contributed by atoms with E-state index in [9.17, 15) is 43.2 Å². The second-order valence-electron chi connectivity index (χ2n) is 18.3. The number of guanidine groups is 1. The standard InChI is InChI=1S/C50H69N11O9/c1-3-4-16-37(57-30(2)62)47(68)58-38-19-20-44(65)54-23-21-33(46(67)60-40(45(51)66)26-34-29-56-36-17-9-8-15-35(34)36)28-42(63)32(14-10-22-55-50(52)53)27-43(64)39(25-31-12-6-5-7-13-31)59-48(69)41-18-11-24-61(41)49(38)70/h5-9,12-13,15,17,29,32-33,37-41,56H,3-4,10-11,14,16,18-28H2,1-2H3,(H2,51,66)(H,54,65)(H,57,62)(H,58,68)(H,59,69)(H,60,67)(H4,52,53,55)/t32-,33-,37+,38+,39-,40+,41-/m1/s1. The first kappa shape index (κ1) is 53.8. The van der Waals surface area contributed by atoms with Crippen molar-refractivity contribution in [3.05, 3.63) is 71.9 Å². The molecule has 2 aromatic carbocycles. The number of H-pyrrole nitrogens is 1. The van der Waals surface area contributed by atoms with Crippen molar-refractivity contribution in [2.75, 3.05) is 19.6 Å². The molecule has 3 aromatic rings. The predicted octanol–water partition coefficient (Wildman–Crippen LogP) is 1.08. The zero-order chi connectivity index (χ0) is 50.7. The molecule has 3 heterocycles. The SMILES string of the molecule is CCCC[C@H](NC(C)=O)C(=O)N[C@H]1CCC(=O)NCC[C@@H](C(=O)N[C@@H](Cc2c[nH]c3ccccc23)C(N)=O)CC(=O)[C@H](CCCN=C(N)N)CC(=O)[C@@H](Cc2ccccc2)NC(=O)[C@H]2CCCN2C1=O. The summed E-state index contributed by atoms with van der Waals surface area (Å²) in [4.78, 5) is 133. The number of primary amides is 1. The fourth-order valence-corrected chi connectivity index (χ4v) is 9.14. The van der Waals surface area contributed by atoms with Gasteiger partial charge in [-0.2, -0.15) is 0 Å². The van der Waals surface area contributed by atoms with Gasteiger partial charge in [-0.1, -0.05) is 68.3 Å². The van der Waals surface area contributed by atoms with E-state index in [2.05, 4.69) is 36.6 Å². The molecule has 7 amide bonds. The summed E-state index contributed by atoms with van der Waals surface area (Å²) in [6.07, 6.45) is 3.35. The summed E-state index contributed by atoms with van der Waals surface area (Å²) in [6.45, 7) is 3.41. The van der Waals surface area contributed by atoms with E-state index in [4.69, 9.17) is 17.2 Å². The number of hydrogen-bond acceptors (Lipinski definition) is 10. The Morgan fingerprint density at radius 2 is 1.61 bits per heavy atom. The Morgan fingerprint density at radius 1 is 0.871 bits per heavy atom. The Kier molecular flexibility index (Phi) is 20.4. The summed E-state index contributed by atoms with van der Waals surface area (Å²) in [5.74, 6) is -7.45. The molecule has 20 heteroatoms. The summed E-state index contributed by atoms with van der Waals surface area (Å²) in [7, 11) is 0. The highest BCUT2D eigenvalue weighted by atomic mass is 16.2. The molecule has 5 rings (SSSR count). The van der Waals surface area contributed by atoms with E-state index in [1.807, 2.05) is 37.3 Å². The Bertz CT molecular complexity index is 2370. The molecule has 1 aromatic heterocycles. The number of amides is 7. The van der Waals surface area contributed by atoms with Crippen LogP contribution >= 0.6 is 0 Å². The fraction of sp³-hybridized carbons (Fsp3) is 0.520. The van der Waals surface area contributed by atoms with Crippen molar-refractivity contribution in [1.29, 1.82) is 0 Å². The number of nitrogens with zero attached hydrogens (tertiary/aromatic N) is 2. The third-order valence-corrected chi connectivity index (χ3v) is 12.9. The number of aromatic nitrogens is 1. The van der Waals surface area contributed by atoms with Gasteiger partial charge in [0.15, 0.2) is 11.7 Å². The molecule has 0 saturated carbocycles. The van der Waals surface area contributed by atoms with Crippen LogP contribution in [0.4, 0.5) is 0 Å². The Labute approximate surface area is 407 Å². The molecule has 0 unspecified atom stereocenters. The first-order chi connectivity index (χ1) is 33.5. The summed E-state index contributed by atoms with van der Waals surface area (Å²) >= 11 is 0. The normalized spacial score (nSPS) is 21.7. The Hall–Kier alpha value is -7.12. The molecule has 0 spiro atoms. The summed E-state index contributed by atoms with van der Waals surface area (Å²) in [5.41, 5.74) is 19.3. The van der Waals surface area contributed by atoms with Gasteiger partial charge in [-0.05, 0) is 68.6 Å². The molecule has 20 nitrogen and oxygen atoms in total. The summed E-state index contributed by atoms with van der Waals surface area (Å²) in [5, 5.41) is 14.6. The highest BCUT2D eigenvalue weighted by Crippen LogP contribution is 2.25. The quantitative estimate of drug-likeness (QED) is 0.0524. The van der Waals surface area contributed by atoms with Crippen molar-refractivity contribution < 1.29 is 43.2 Å². The lowest BCUT2D eigenvalue weighted by atomic mass is 9.84. The fourth-order valence-electron chi connectivity index (χ4n) is 9.14. The van der Waals surface area contributed by atoms with Crippen molar-refractivity contribution in [2.24, 2.45) is 34.0 Å². The van der Waals surface area contributed by atoms with Gasteiger partial charge >= 0.3 is 0 Å². The van der Waals surface area contributed by atoms with Crippen LogP contribution in [0.1, 0.15) is 102 Å². The number of aliphatic imine (C=N–C) groups is 1. The molecule has 70 heavy (non-hydrogen) atoms. The van der Waals surface area contributed by atoms with Gasteiger partial charge in [0.2, 0.25) is 41.4 Å². The minimum absolute atomic E-state index is 0.0395. The molecule has 0 aliphatic carbocycles. The molecule has 0 radical (unpaired) electrons. The van der Waals surface area contributed by atoms with Crippen molar-refractivity contribution in [2.45, 2.75) is 134 Å². The number of carbonyl (C=O) groups excluding carboxylic acids is 9. The van der Waals surface area contributed by atoms with Crippen molar-refractivity contribution in [1.82, 2.24) is 36.5 Å². The number of carbonyl (C=O) groups is 9. The van der Waals surface area contributed by atoms with E-state index in [1.54, 1.807) is 30.5 Å². The van der Waals surface area contributed by atoms with Crippen LogP contribution in [0, 0.1) is 11.8 Å². The number of para-hydroxylation sites is 1. The number of nitrogens with one attached hydrogen (secondary N) is 6. The Balaban J connectivity index is 1.49. The smallest absolute Gasteiger partial charge is 0.245 e. The number of aromatic amines is 1. The van der Waals surface area contributed by atoms with Gasteiger partial charge in [-0.15, -0.1) is 0 Å². The van der Waals surface area contributed by atoms with Crippen LogP contribution < -0.4 is 43.8 Å². The van der Waals surface area contributed by atoms with Gasteiger partial charge < -0.3 is 53.7 Å². The highest BCUT2D eigenvalue weighted by molar-refractivity contribution is 5.98. The van der Waals surface area contributed by atoms with Crippen LogP contribution in [-0.4, -0.2) is 119 Å². The van der Waals surface area contributed by atoms with Crippen LogP contribution in [0.5, 0.6) is 0 Å². The van der Waals surface area contributed by atoms with Crippen LogP contribution in [0.25, 0.3) is 10.9 Å². The van der Waals surface area contributed by atoms with Gasteiger partial charge in [0.25, 0.3) is 0 Å². The Morgan fingerprint density at radius 3 is 2.33 bits per heavy atom. The minimum Gasteiger partial charge on any atom is -0.370 e. The molecule has 2 fully saturated rings. The van der Waals surface area contributed by atoms with E-state index in [0.29, 0.717) is 25.7 Å². The maximum Gasteiger partial charge on any atom is 0.245 e. The van der Waals surface area contributed by atoms with Gasteiger partial charge in [0.1, 0.15) is 30.0 Å². The maximum atomic E-state index is 14.6. The first-order valence-corrected chi connectivity index (χ1v) is 24.3. The van der Waals surface area contributed by atoms with E-state index >= 15 is 0 Å². The van der Waals surface area contributed by atoms with E-state index in [0.717, 1.165) is 28.5 Å². The summed E-state index contributed by atoms with van der Waals surface area (Å²) in [6, 6.07) is 10.8. The third-order valence-electron chi connectivity index (χ3n) is 12.9. The zero-order valence-electron chi connectivity index (χ0n) is 40.1. The lowest BCUT2D eigenvalue weighted by Crippen LogP contribution is -2.57. The van der Waals surface area contributed by atoms with Crippen molar-refractivity contribution in [3.8, 4) is 0 Å². The van der Waals surface area contributed by atoms with Gasteiger partial charge in [0, 0.05) is 81.2 Å². The number of rotatable bonds is 17. The van der Waals surface area contributed by atoms with Crippen LogP contribution in [0.2, 0.25) is 0 Å². The monoisotopic (exact) mass is 968 g/mol. The van der Waals surface area contributed by atoms with Gasteiger partial charge in [-0.3, -0.25) is 48.1 Å². The number of fused-ring (bicyclic) bond motifs is 2. The van der Waals surface area contributed by atoms with Crippen molar-refractivity contribution in [3.63, 3.8) is 0 Å². The molecule has 378 valence electrons. The average Bonchev–Trinajstić information content (AvgIpc) is 3.99. The van der Waals surface area contributed by atoms with Crippen LogP contribution in [0.3, 0.4) is 0 Å². The van der Waals surface area contributed by atoms with Crippen LogP contribution in [0.15, 0.2) is 65.8 Å². The lowest BCUT2D eigenvalue weighted by Gasteiger charge is -2.31. The molecule has 0 bridgehead atoms. The molecular formula is C50H69N11O9. The molecule has 12 N–H and O–H groups in total. The second-order valence-corrected chi connectivity index (χ2v) is 18.3. The number of hydrogen-bond donors (Lipinski definition) is 9. The number of benzene rings is 2. The van der Waals surface area contributed by atoms with Crippen LogP contribution in [-0.2, 0) is 56.0 Å². The molecular weight excluding hydrogens is 899 g/mol. The van der Waals surface area contributed by atoms with E-state index < -0.39 is 95.0 Å². The number of nitrogens with two attached hydrogens (primary N) is 3. The van der Waals surface area contributed by atoms with Gasteiger partial charge in [-0.25, -0.2) is 0 Å². The lowest BCUT2D eigenvalue weighted by molar-refractivity contribution is -0.142. The molecule has 2 aliphatic rings. The first-order valence-electron chi connectivity index (χ1n) is 24.3. The number of Topliss-reactive ketones (excluding diaryl/α,β-unsaturated/α-hetero) is 2.